The molecule has 4 heteroatoms. The normalized spacial score (nSPS) is 17.2. The maximum absolute atomic E-state index is 6.40. The molecule has 0 unspecified atom stereocenters. The summed E-state index contributed by atoms with van der Waals surface area (Å²) in [7, 11) is 0. The highest BCUT2D eigenvalue weighted by atomic mass is 35.5. The zero-order chi connectivity index (χ0) is 14.3. The molecule has 0 amide bonds. The summed E-state index contributed by atoms with van der Waals surface area (Å²) in [4.78, 5) is 5.69. The predicted octanol–water partition coefficient (Wildman–Crippen LogP) is 5.81. The van der Waals surface area contributed by atoms with Crippen molar-refractivity contribution in [3.8, 4) is 0 Å². The van der Waals surface area contributed by atoms with Crippen molar-refractivity contribution in [2.75, 3.05) is 0 Å². The van der Waals surface area contributed by atoms with Crippen LogP contribution in [0, 0.1) is 0 Å². The van der Waals surface area contributed by atoms with Crippen LogP contribution in [0.15, 0.2) is 21.4 Å². The number of hydrogen-bond acceptors (Lipinski definition) is 3. The molecule has 0 saturated heterocycles. The zero-order valence-electron chi connectivity index (χ0n) is 12.2. The first-order valence-electron chi connectivity index (χ1n) is 7.21. The van der Waals surface area contributed by atoms with Gasteiger partial charge in [0.1, 0.15) is 5.52 Å². The van der Waals surface area contributed by atoms with Crippen molar-refractivity contribution in [1.29, 1.82) is 0 Å². The third-order valence-electron chi connectivity index (χ3n) is 3.69. The fourth-order valence-electron chi connectivity index (χ4n) is 2.55. The van der Waals surface area contributed by atoms with Crippen molar-refractivity contribution in [1.82, 2.24) is 4.98 Å². The molecule has 0 aliphatic heterocycles. The van der Waals surface area contributed by atoms with E-state index in [1.54, 1.807) is 0 Å². The number of nitrogens with zero attached hydrogens (tertiary/aromatic N) is 1. The van der Waals surface area contributed by atoms with Crippen molar-refractivity contribution in [3.05, 3.63) is 23.0 Å². The van der Waals surface area contributed by atoms with Gasteiger partial charge in [-0.3, -0.25) is 0 Å². The topological polar surface area (TPSA) is 26.0 Å². The van der Waals surface area contributed by atoms with Crippen LogP contribution in [0.5, 0.6) is 0 Å². The van der Waals surface area contributed by atoms with Gasteiger partial charge in [-0.25, -0.2) is 4.98 Å². The highest BCUT2D eigenvalue weighted by Gasteiger charge is 2.25. The molecule has 108 valence electrons. The number of hydrogen-bond donors (Lipinski definition) is 0. The molecule has 0 atom stereocenters. The largest absolute Gasteiger partial charge is 0.439 e. The van der Waals surface area contributed by atoms with E-state index in [9.17, 15) is 0 Å². The predicted molar refractivity (Wildman–Crippen MR) is 85.8 cm³/mol. The Hall–Kier alpha value is -0.670. The molecule has 1 aliphatic carbocycles. The Morgan fingerprint density at radius 3 is 2.60 bits per heavy atom. The van der Waals surface area contributed by atoms with Crippen LogP contribution < -0.4 is 0 Å². The summed E-state index contributed by atoms with van der Waals surface area (Å²) >= 11 is 8.26. The average Bonchev–Trinajstić information content (AvgIpc) is 3.00. The maximum Gasteiger partial charge on any atom is 0.200 e. The molecule has 1 aromatic carbocycles. The molecule has 1 aliphatic rings. The smallest absolute Gasteiger partial charge is 0.200 e. The molecule has 1 fully saturated rings. The average molecular weight is 310 g/mol. The van der Waals surface area contributed by atoms with E-state index in [-0.39, 0.29) is 5.41 Å². The van der Waals surface area contributed by atoms with Crippen LogP contribution >= 0.6 is 23.4 Å². The molecule has 2 aromatic rings. The van der Waals surface area contributed by atoms with Crippen LogP contribution in [-0.2, 0) is 5.41 Å². The van der Waals surface area contributed by atoms with E-state index < -0.39 is 0 Å². The van der Waals surface area contributed by atoms with Gasteiger partial charge < -0.3 is 4.42 Å². The molecule has 1 aromatic heterocycles. The molecule has 0 radical (unpaired) electrons. The first kappa shape index (κ1) is 14.3. The van der Waals surface area contributed by atoms with Gasteiger partial charge in [0.25, 0.3) is 0 Å². The highest BCUT2D eigenvalue weighted by molar-refractivity contribution is 8.00. The number of halogens is 1. The molecule has 0 bridgehead atoms. The van der Waals surface area contributed by atoms with Gasteiger partial charge in [-0.05, 0) is 25.0 Å². The molecule has 0 spiro atoms. The first-order chi connectivity index (χ1) is 9.45. The van der Waals surface area contributed by atoms with E-state index in [4.69, 9.17) is 16.0 Å². The van der Waals surface area contributed by atoms with Crippen LogP contribution in [0.4, 0.5) is 0 Å². The lowest BCUT2D eigenvalue weighted by Crippen LogP contribution is -2.10. The van der Waals surface area contributed by atoms with Gasteiger partial charge in [-0.15, -0.1) is 11.8 Å². The standard InChI is InChI=1S/C16H20ClNOS/c1-16(2,3)15-18-12-9-8-11(17)14(13(12)19-15)20-10-6-4-5-7-10/h8-10H,4-7H2,1-3H3. The lowest BCUT2D eigenvalue weighted by atomic mass is 9.97. The Morgan fingerprint density at radius 1 is 1.25 bits per heavy atom. The van der Waals surface area contributed by atoms with E-state index in [1.807, 2.05) is 23.9 Å². The first-order valence-corrected chi connectivity index (χ1v) is 8.47. The third-order valence-corrected chi connectivity index (χ3v) is 5.57. The summed E-state index contributed by atoms with van der Waals surface area (Å²) in [6.45, 7) is 6.34. The monoisotopic (exact) mass is 309 g/mol. The summed E-state index contributed by atoms with van der Waals surface area (Å²) in [6, 6.07) is 3.89. The van der Waals surface area contributed by atoms with Crippen molar-refractivity contribution in [3.63, 3.8) is 0 Å². The Labute approximate surface area is 129 Å². The van der Waals surface area contributed by atoms with Gasteiger partial charge in [0.15, 0.2) is 5.58 Å². The minimum absolute atomic E-state index is 0.0825. The van der Waals surface area contributed by atoms with E-state index in [2.05, 4.69) is 25.8 Å². The Morgan fingerprint density at radius 2 is 1.95 bits per heavy atom. The zero-order valence-corrected chi connectivity index (χ0v) is 13.8. The number of thioether (sulfide) groups is 1. The summed E-state index contributed by atoms with van der Waals surface area (Å²) in [5.41, 5.74) is 1.69. The number of oxazole rings is 1. The quantitative estimate of drug-likeness (QED) is 0.699. The summed E-state index contributed by atoms with van der Waals surface area (Å²) < 4.78 is 6.04. The number of fused-ring (bicyclic) bond motifs is 1. The minimum atomic E-state index is -0.0825. The molecule has 0 N–H and O–H groups in total. The second-order valence-corrected chi connectivity index (χ2v) is 8.24. The molecule has 1 heterocycles. The molecule has 2 nitrogen and oxygen atoms in total. The number of rotatable bonds is 2. The second-order valence-electron chi connectivity index (χ2n) is 6.52. The van der Waals surface area contributed by atoms with Crippen LogP contribution in [-0.4, -0.2) is 10.2 Å². The van der Waals surface area contributed by atoms with E-state index in [1.165, 1.54) is 25.7 Å². The SMILES string of the molecule is CC(C)(C)c1nc2ccc(Cl)c(SC3CCCC3)c2o1. The van der Waals surface area contributed by atoms with Gasteiger partial charge in [-0.1, -0.05) is 45.2 Å². The van der Waals surface area contributed by atoms with Gasteiger partial charge in [0.2, 0.25) is 5.89 Å². The highest BCUT2D eigenvalue weighted by Crippen LogP contribution is 2.42. The van der Waals surface area contributed by atoms with E-state index >= 15 is 0 Å². The fourth-order valence-corrected chi connectivity index (χ4v) is 4.17. The molecule has 1 saturated carbocycles. The van der Waals surface area contributed by atoms with Gasteiger partial charge in [0, 0.05) is 10.7 Å². The lowest BCUT2D eigenvalue weighted by Gasteiger charge is -2.12. The van der Waals surface area contributed by atoms with Gasteiger partial charge in [-0.2, -0.15) is 0 Å². The summed E-state index contributed by atoms with van der Waals surface area (Å²) in [5.74, 6) is 0.781. The molecular weight excluding hydrogens is 290 g/mol. The molecule has 3 rings (SSSR count). The van der Waals surface area contributed by atoms with Crippen molar-refractivity contribution >= 4 is 34.5 Å². The number of benzene rings is 1. The third kappa shape index (κ3) is 2.71. The van der Waals surface area contributed by atoms with Gasteiger partial charge >= 0.3 is 0 Å². The fraction of sp³-hybridized carbons (Fsp3) is 0.562. The summed E-state index contributed by atoms with van der Waals surface area (Å²) in [5, 5.41) is 1.45. The van der Waals surface area contributed by atoms with Crippen molar-refractivity contribution in [2.45, 2.75) is 62.0 Å². The van der Waals surface area contributed by atoms with E-state index in [0.29, 0.717) is 5.25 Å². The minimum Gasteiger partial charge on any atom is -0.439 e. The molecule has 20 heavy (non-hydrogen) atoms. The van der Waals surface area contributed by atoms with Crippen LogP contribution in [0.25, 0.3) is 11.1 Å². The maximum atomic E-state index is 6.40. The number of aromatic nitrogens is 1. The second kappa shape index (κ2) is 5.27. The van der Waals surface area contributed by atoms with Crippen LogP contribution in [0.2, 0.25) is 5.02 Å². The van der Waals surface area contributed by atoms with Crippen LogP contribution in [0.1, 0.15) is 52.3 Å². The Balaban J connectivity index is 2.04. The van der Waals surface area contributed by atoms with E-state index in [0.717, 1.165) is 26.9 Å². The lowest BCUT2D eigenvalue weighted by molar-refractivity contribution is 0.409. The molecular formula is C16H20ClNOS. The van der Waals surface area contributed by atoms with Crippen molar-refractivity contribution < 1.29 is 4.42 Å². The Kier molecular flexibility index (Phi) is 3.76. The summed E-state index contributed by atoms with van der Waals surface area (Å²) in [6.07, 6.45) is 5.21. The Bertz CT molecular complexity index is 623. The van der Waals surface area contributed by atoms with Crippen molar-refractivity contribution in [2.24, 2.45) is 0 Å². The van der Waals surface area contributed by atoms with Crippen LogP contribution in [0.3, 0.4) is 0 Å². The van der Waals surface area contributed by atoms with Gasteiger partial charge in [0.05, 0.1) is 9.92 Å².